The molecule has 0 heterocycles. The molecule has 0 aliphatic carbocycles. The summed E-state index contributed by atoms with van der Waals surface area (Å²) in [5.41, 5.74) is 0. The fraction of sp³-hybridized carbons (Fsp3) is 0.867. The van der Waals surface area contributed by atoms with E-state index in [0.29, 0.717) is 26.4 Å². The van der Waals surface area contributed by atoms with E-state index in [1.807, 2.05) is 6.08 Å². The molecular weight excluding hydrogens is 244 g/mol. The first-order valence-corrected chi connectivity index (χ1v) is 7.17. The quantitative estimate of drug-likeness (QED) is 0.261. The van der Waals surface area contributed by atoms with Crippen molar-refractivity contribution < 1.29 is 18.9 Å². The molecule has 0 unspecified atom stereocenters. The molecule has 19 heavy (non-hydrogen) atoms. The van der Waals surface area contributed by atoms with Gasteiger partial charge in [-0.05, 0) is 25.7 Å². The summed E-state index contributed by atoms with van der Waals surface area (Å²) in [7, 11) is 3.34. The highest BCUT2D eigenvalue weighted by molar-refractivity contribution is 4.65. The monoisotopic (exact) mass is 274 g/mol. The molecule has 0 saturated carbocycles. The van der Waals surface area contributed by atoms with Gasteiger partial charge in [-0.25, -0.2) is 0 Å². The summed E-state index contributed by atoms with van der Waals surface area (Å²) in [5, 5.41) is 0. The van der Waals surface area contributed by atoms with Gasteiger partial charge in [-0.15, -0.1) is 6.58 Å². The first kappa shape index (κ1) is 18.6. The van der Waals surface area contributed by atoms with Crippen LogP contribution in [0.2, 0.25) is 0 Å². The van der Waals surface area contributed by atoms with Crippen LogP contribution in [-0.2, 0) is 18.9 Å². The van der Waals surface area contributed by atoms with E-state index in [-0.39, 0.29) is 6.29 Å². The zero-order valence-corrected chi connectivity index (χ0v) is 12.6. The number of allylic oxidation sites excluding steroid dienone is 1. The molecule has 0 saturated heterocycles. The fourth-order valence-electron chi connectivity index (χ4n) is 1.69. The van der Waals surface area contributed by atoms with Gasteiger partial charge in [0.05, 0.1) is 26.4 Å². The van der Waals surface area contributed by atoms with Crippen LogP contribution in [0.3, 0.4) is 0 Å². The standard InChI is InChI=1S/C15H30O4/c1-4-5-6-7-8-9-10-15(18-13-11-16-2)19-14-12-17-3/h4,15H,1,5-14H2,2-3H3. The zero-order valence-electron chi connectivity index (χ0n) is 12.6. The van der Waals surface area contributed by atoms with Crippen molar-refractivity contribution >= 4 is 0 Å². The Bertz CT molecular complexity index is 175. The Kier molecular flexibility index (Phi) is 15.3. The first-order valence-electron chi connectivity index (χ1n) is 7.17. The molecule has 0 aliphatic rings. The fourth-order valence-corrected chi connectivity index (χ4v) is 1.69. The van der Waals surface area contributed by atoms with Crippen LogP contribution < -0.4 is 0 Å². The highest BCUT2D eigenvalue weighted by Crippen LogP contribution is 2.11. The highest BCUT2D eigenvalue weighted by Gasteiger charge is 2.08. The number of unbranched alkanes of at least 4 members (excludes halogenated alkanes) is 4. The maximum Gasteiger partial charge on any atom is 0.157 e. The predicted molar refractivity (Wildman–Crippen MR) is 77.3 cm³/mol. The van der Waals surface area contributed by atoms with Gasteiger partial charge in [0.1, 0.15) is 0 Å². The normalized spacial score (nSPS) is 11.1. The number of ether oxygens (including phenoxy) is 4. The van der Waals surface area contributed by atoms with E-state index in [0.717, 1.165) is 19.3 Å². The molecule has 0 amide bonds. The van der Waals surface area contributed by atoms with Crippen molar-refractivity contribution in [1.82, 2.24) is 0 Å². The maximum absolute atomic E-state index is 5.64. The van der Waals surface area contributed by atoms with Gasteiger partial charge in [0, 0.05) is 14.2 Å². The van der Waals surface area contributed by atoms with Crippen molar-refractivity contribution in [1.29, 1.82) is 0 Å². The van der Waals surface area contributed by atoms with E-state index < -0.39 is 0 Å². The third-order valence-electron chi connectivity index (χ3n) is 2.78. The molecule has 0 radical (unpaired) electrons. The van der Waals surface area contributed by atoms with Gasteiger partial charge in [-0.2, -0.15) is 0 Å². The Hall–Kier alpha value is -0.420. The zero-order chi connectivity index (χ0) is 14.2. The van der Waals surface area contributed by atoms with Crippen LogP contribution in [0.4, 0.5) is 0 Å². The second-order valence-electron chi connectivity index (χ2n) is 4.44. The first-order chi connectivity index (χ1) is 9.35. The molecule has 0 aromatic heterocycles. The molecule has 0 rings (SSSR count). The largest absolute Gasteiger partial charge is 0.382 e. The predicted octanol–water partition coefficient (Wildman–Crippen LogP) is 3.17. The summed E-state index contributed by atoms with van der Waals surface area (Å²) in [6.45, 7) is 6.08. The molecule has 0 aromatic rings. The molecule has 0 aromatic carbocycles. The summed E-state index contributed by atoms with van der Waals surface area (Å²) in [6, 6.07) is 0. The smallest absolute Gasteiger partial charge is 0.157 e. The molecule has 114 valence electrons. The summed E-state index contributed by atoms with van der Waals surface area (Å²) in [6.07, 6.45) is 8.69. The third-order valence-corrected chi connectivity index (χ3v) is 2.78. The van der Waals surface area contributed by atoms with Gasteiger partial charge in [0.2, 0.25) is 0 Å². The second kappa shape index (κ2) is 15.6. The Morgan fingerprint density at radius 2 is 1.42 bits per heavy atom. The van der Waals surface area contributed by atoms with Crippen LogP contribution in [0.5, 0.6) is 0 Å². The molecule has 0 fully saturated rings. The van der Waals surface area contributed by atoms with Crippen molar-refractivity contribution in [3.05, 3.63) is 12.7 Å². The van der Waals surface area contributed by atoms with Crippen molar-refractivity contribution in [3.63, 3.8) is 0 Å². The van der Waals surface area contributed by atoms with E-state index in [1.165, 1.54) is 19.3 Å². The average molecular weight is 274 g/mol. The third kappa shape index (κ3) is 13.8. The molecule has 0 spiro atoms. The van der Waals surface area contributed by atoms with Gasteiger partial charge in [0.25, 0.3) is 0 Å². The van der Waals surface area contributed by atoms with Crippen LogP contribution in [-0.4, -0.2) is 46.9 Å². The van der Waals surface area contributed by atoms with Gasteiger partial charge >= 0.3 is 0 Å². The highest BCUT2D eigenvalue weighted by atomic mass is 16.7. The minimum Gasteiger partial charge on any atom is -0.382 e. The van der Waals surface area contributed by atoms with E-state index in [9.17, 15) is 0 Å². The van der Waals surface area contributed by atoms with Crippen LogP contribution in [0.25, 0.3) is 0 Å². The lowest BCUT2D eigenvalue weighted by molar-refractivity contribution is -0.158. The summed E-state index contributed by atoms with van der Waals surface area (Å²) < 4.78 is 21.2. The van der Waals surface area contributed by atoms with Gasteiger partial charge in [-0.3, -0.25) is 0 Å². The summed E-state index contributed by atoms with van der Waals surface area (Å²) in [4.78, 5) is 0. The molecule has 4 nitrogen and oxygen atoms in total. The van der Waals surface area contributed by atoms with Crippen molar-refractivity contribution in [2.45, 2.75) is 44.8 Å². The van der Waals surface area contributed by atoms with Crippen molar-refractivity contribution in [3.8, 4) is 0 Å². The van der Waals surface area contributed by atoms with E-state index in [1.54, 1.807) is 14.2 Å². The average Bonchev–Trinajstić information content (AvgIpc) is 2.42. The van der Waals surface area contributed by atoms with Crippen LogP contribution in [0.15, 0.2) is 12.7 Å². The van der Waals surface area contributed by atoms with Crippen LogP contribution in [0.1, 0.15) is 38.5 Å². The Balaban J connectivity index is 3.61. The SMILES string of the molecule is C=CCCCCCCC(OCCOC)OCCOC. The Morgan fingerprint density at radius 1 is 0.842 bits per heavy atom. The number of hydrogen-bond donors (Lipinski definition) is 0. The van der Waals surface area contributed by atoms with Gasteiger partial charge in [0.15, 0.2) is 6.29 Å². The Morgan fingerprint density at radius 3 is 1.95 bits per heavy atom. The number of methoxy groups -OCH3 is 2. The summed E-state index contributed by atoms with van der Waals surface area (Å²) >= 11 is 0. The lowest BCUT2D eigenvalue weighted by atomic mass is 10.1. The minimum atomic E-state index is -0.135. The lowest BCUT2D eigenvalue weighted by Crippen LogP contribution is -2.21. The maximum atomic E-state index is 5.64. The van der Waals surface area contributed by atoms with Crippen LogP contribution in [0, 0.1) is 0 Å². The molecular formula is C15H30O4. The molecule has 0 atom stereocenters. The van der Waals surface area contributed by atoms with E-state index in [2.05, 4.69) is 6.58 Å². The van der Waals surface area contributed by atoms with E-state index >= 15 is 0 Å². The number of rotatable bonds is 15. The molecule has 4 heteroatoms. The van der Waals surface area contributed by atoms with Crippen LogP contribution >= 0.6 is 0 Å². The Labute approximate surface area is 118 Å². The summed E-state index contributed by atoms with van der Waals surface area (Å²) in [5.74, 6) is 0. The second-order valence-corrected chi connectivity index (χ2v) is 4.44. The van der Waals surface area contributed by atoms with Gasteiger partial charge in [-0.1, -0.05) is 18.9 Å². The van der Waals surface area contributed by atoms with Gasteiger partial charge < -0.3 is 18.9 Å². The number of hydrogen-bond acceptors (Lipinski definition) is 4. The molecule has 0 N–H and O–H groups in total. The molecule has 0 aliphatic heterocycles. The molecule has 0 bridgehead atoms. The van der Waals surface area contributed by atoms with Crippen molar-refractivity contribution in [2.75, 3.05) is 40.6 Å². The minimum absolute atomic E-state index is 0.135. The van der Waals surface area contributed by atoms with Crippen molar-refractivity contribution in [2.24, 2.45) is 0 Å². The topological polar surface area (TPSA) is 36.9 Å². The lowest BCUT2D eigenvalue weighted by Gasteiger charge is -2.18. The van der Waals surface area contributed by atoms with E-state index in [4.69, 9.17) is 18.9 Å².